The summed E-state index contributed by atoms with van der Waals surface area (Å²) in [7, 11) is 1.19. The van der Waals surface area contributed by atoms with Gasteiger partial charge in [0.15, 0.2) is 0 Å². The van der Waals surface area contributed by atoms with E-state index in [1.54, 1.807) is 0 Å². The molecule has 0 aliphatic rings. The Balaban J connectivity index is 3.35. The van der Waals surface area contributed by atoms with Crippen molar-refractivity contribution in [2.24, 2.45) is 0 Å². The molecule has 0 unspecified atom stereocenters. The van der Waals surface area contributed by atoms with Gasteiger partial charge in [-0.2, -0.15) is 0 Å². The fraction of sp³-hybridized carbons (Fsp3) is 0.750. The van der Waals surface area contributed by atoms with Crippen LogP contribution in [0.2, 0.25) is 0 Å². The molecule has 1 amide bonds. The molecule has 0 spiro atoms. The molecule has 76 valence electrons. The number of hydrogen-bond acceptors (Lipinski definition) is 4. The van der Waals surface area contributed by atoms with Gasteiger partial charge >= 0.3 is 12.1 Å². The summed E-state index contributed by atoms with van der Waals surface area (Å²) in [5.41, 5.74) is 1.85. The Hall–Kier alpha value is -1.26. The number of hydrogen-bond donors (Lipinski definition) is 1. The Morgan fingerprint density at radius 1 is 1.31 bits per heavy atom. The molecule has 13 heavy (non-hydrogen) atoms. The van der Waals surface area contributed by atoms with Crippen LogP contribution in [0.3, 0.4) is 0 Å². The highest BCUT2D eigenvalue weighted by Crippen LogP contribution is 1.99. The van der Waals surface area contributed by atoms with Gasteiger partial charge in [-0.25, -0.2) is 9.59 Å². The number of unbranched alkanes of at least 4 members (excludes halogenated alkanes) is 2. The largest absolute Gasteiger partial charge is 0.451 e. The van der Waals surface area contributed by atoms with E-state index < -0.39 is 12.1 Å². The SMILES string of the molecule is CCCCCC(=O)ONC(=O)OC. The highest BCUT2D eigenvalue weighted by molar-refractivity contribution is 5.72. The monoisotopic (exact) mass is 189 g/mol. The number of amides is 1. The molecular weight excluding hydrogens is 174 g/mol. The molecule has 0 aliphatic heterocycles. The first kappa shape index (κ1) is 11.7. The van der Waals surface area contributed by atoms with E-state index in [1.165, 1.54) is 7.11 Å². The summed E-state index contributed by atoms with van der Waals surface area (Å²) in [4.78, 5) is 25.7. The topological polar surface area (TPSA) is 64.6 Å². The van der Waals surface area contributed by atoms with Gasteiger partial charge in [-0.05, 0) is 6.42 Å². The molecule has 0 aromatic carbocycles. The summed E-state index contributed by atoms with van der Waals surface area (Å²) >= 11 is 0. The molecule has 1 N–H and O–H groups in total. The van der Waals surface area contributed by atoms with E-state index in [2.05, 4.69) is 9.57 Å². The van der Waals surface area contributed by atoms with Crippen LogP contribution in [0.1, 0.15) is 32.6 Å². The second-order valence-corrected chi connectivity index (χ2v) is 2.52. The molecule has 0 heterocycles. The van der Waals surface area contributed by atoms with Crippen molar-refractivity contribution in [2.75, 3.05) is 7.11 Å². The van der Waals surface area contributed by atoms with Gasteiger partial charge in [0, 0.05) is 6.42 Å². The summed E-state index contributed by atoms with van der Waals surface area (Å²) in [6.45, 7) is 2.04. The lowest BCUT2D eigenvalue weighted by molar-refractivity contribution is -0.149. The number of rotatable bonds is 4. The Morgan fingerprint density at radius 2 is 2.00 bits per heavy atom. The lowest BCUT2D eigenvalue weighted by atomic mass is 10.2. The summed E-state index contributed by atoms with van der Waals surface area (Å²) in [5.74, 6) is -0.446. The molecule has 0 aromatic heterocycles. The first-order valence-electron chi connectivity index (χ1n) is 4.24. The third-order valence-corrected chi connectivity index (χ3v) is 1.42. The van der Waals surface area contributed by atoms with E-state index in [1.807, 2.05) is 12.4 Å². The maximum absolute atomic E-state index is 10.8. The molecule has 5 heteroatoms. The van der Waals surface area contributed by atoms with Crippen LogP contribution in [0.15, 0.2) is 0 Å². The van der Waals surface area contributed by atoms with Gasteiger partial charge in [0.05, 0.1) is 7.11 Å². The van der Waals surface area contributed by atoms with Crippen molar-refractivity contribution in [3.8, 4) is 0 Å². The van der Waals surface area contributed by atoms with Gasteiger partial charge in [0.25, 0.3) is 0 Å². The molecular formula is C8H15NO4. The van der Waals surface area contributed by atoms with Crippen molar-refractivity contribution in [2.45, 2.75) is 32.6 Å². The Bertz CT molecular complexity index is 170. The molecule has 0 saturated carbocycles. The van der Waals surface area contributed by atoms with Gasteiger partial charge in [0.2, 0.25) is 0 Å². The first-order valence-corrected chi connectivity index (χ1v) is 4.24. The van der Waals surface area contributed by atoms with Crippen LogP contribution in [0.25, 0.3) is 0 Å². The predicted molar refractivity (Wildman–Crippen MR) is 45.8 cm³/mol. The lowest BCUT2D eigenvalue weighted by Crippen LogP contribution is -2.26. The van der Waals surface area contributed by atoms with E-state index in [9.17, 15) is 9.59 Å². The third kappa shape index (κ3) is 7.11. The lowest BCUT2D eigenvalue weighted by Gasteiger charge is -2.03. The van der Waals surface area contributed by atoms with Crippen molar-refractivity contribution in [1.29, 1.82) is 0 Å². The van der Waals surface area contributed by atoms with Crippen LogP contribution in [0.4, 0.5) is 4.79 Å². The maximum Gasteiger partial charge on any atom is 0.440 e. The maximum atomic E-state index is 10.8. The number of carbonyl (C=O) groups is 2. The number of carbonyl (C=O) groups excluding carboxylic acids is 2. The van der Waals surface area contributed by atoms with Crippen LogP contribution in [0, 0.1) is 0 Å². The quantitative estimate of drug-likeness (QED) is 0.536. The van der Waals surface area contributed by atoms with Gasteiger partial charge in [0.1, 0.15) is 0 Å². The molecule has 0 fully saturated rings. The van der Waals surface area contributed by atoms with E-state index in [0.29, 0.717) is 6.42 Å². The second kappa shape index (κ2) is 7.39. The zero-order chi connectivity index (χ0) is 10.1. The second-order valence-electron chi connectivity index (χ2n) is 2.52. The van der Waals surface area contributed by atoms with Crippen LogP contribution < -0.4 is 5.48 Å². The van der Waals surface area contributed by atoms with Crippen molar-refractivity contribution in [3.63, 3.8) is 0 Å². The highest BCUT2D eigenvalue weighted by Gasteiger charge is 2.05. The highest BCUT2D eigenvalue weighted by atomic mass is 16.7. The average Bonchev–Trinajstić information content (AvgIpc) is 2.14. The van der Waals surface area contributed by atoms with Gasteiger partial charge in [-0.15, -0.1) is 5.48 Å². The zero-order valence-corrected chi connectivity index (χ0v) is 7.96. The number of hydroxylamine groups is 1. The minimum absolute atomic E-state index is 0.317. The molecule has 0 rings (SSSR count). The summed E-state index contributed by atoms with van der Waals surface area (Å²) in [6, 6.07) is 0. The van der Waals surface area contributed by atoms with Crippen molar-refractivity contribution >= 4 is 12.1 Å². The molecule has 0 radical (unpaired) electrons. The van der Waals surface area contributed by atoms with E-state index in [4.69, 9.17) is 0 Å². The Morgan fingerprint density at radius 3 is 2.54 bits per heavy atom. The van der Waals surface area contributed by atoms with Gasteiger partial charge < -0.3 is 9.57 Å². The van der Waals surface area contributed by atoms with E-state index in [-0.39, 0.29) is 0 Å². The van der Waals surface area contributed by atoms with Crippen LogP contribution in [0.5, 0.6) is 0 Å². The Labute approximate surface area is 77.3 Å². The van der Waals surface area contributed by atoms with Crippen molar-refractivity contribution in [1.82, 2.24) is 5.48 Å². The Kier molecular flexibility index (Phi) is 6.68. The number of nitrogens with one attached hydrogen (secondary N) is 1. The molecule has 0 aliphatic carbocycles. The summed E-state index contributed by atoms with van der Waals surface area (Å²) in [6.07, 6.45) is 2.34. The molecule has 5 nitrogen and oxygen atoms in total. The fourth-order valence-corrected chi connectivity index (χ4v) is 0.711. The van der Waals surface area contributed by atoms with Crippen LogP contribution in [-0.4, -0.2) is 19.2 Å². The first-order chi connectivity index (χ1) is 6.20. The van der Waals surface area contributed by atoms with Crippen LogP contribution in [-0.2, 0) is 14.4 Å². The minimum Gasteiger partial charge on any atom is -0.451 e. The van der Waals surface area contributed by atoms with Gasteiger partial charge in [-0.3, -0.25) is 0 Å². The third-order valence-electron chi connectivity index (χ3n) is 1.42. The average molecular weight is 189 g/mol. The fourth-order valence-electron chi connectivity index (χ4n) is 0.711. The molecule has 0 atom stereocenters. The number of methoxy groups -OCH3 is 1. The minimum atomic E-state index is -0.774. The predicted octanol–water partition coefficient (Wildman–Crippen LogP) is 1.38. The zero-order valence-electron chi connectivity index (χ0n) is 7.96. The summed E-state index contributed by atoms with van der Waals surface area (Å²) < 4.78 is 4.20. The smallest absolute Gasteiger partial charge is 0.440 e. The molecule has 0 saturated heterocycles. The van der Waals surface area contributed by atoms with Crippen molar-refractivity contribution in [3.05, 3.63) is 0 Å². The van der Waals surface area contributed by atoms with E-state index in [0.717, 1.165) is 19.3 Å². The van der Waals surface area contributed by atoms with Gasteiger partial charge in [-0.1, -0.05) is 19.8 Å². The molecule has 0 bridgehead atoms. The van der Waals surface area contributed by atoms with E-state index >= 15 is 0 Å². The normalized spacial score (nSPS) is 9.08. The van der Waals surface area contributed by atoms with Crippen molar-refractivity contribution < 1.29 is 19.2 Å². The standard InChI is InChI=1S/C8H15NO4/c1-3-4-5-6-7(10)13-9-8(11)12-2/h3-6H2,1-2H3,(H,9,11). The van der Waals surface area contributed by atoms with Crippen LogP contribution >= 0.6 is 0 Å². The number of ether oxygens (including phenoxy) is 1. The summed E-state index contributed by atoms with van der Waals surface area (Å²) in [5, 5.41) is 0. The molecule has 0 aromatic rings.